The molecule has 1 aliphatic heterocycles. The lowest BCUT2D eigenvalue weighted by molar-refractivity contribution is -0.132. The molecule has 7 heteroatoms. The van der Waals surface area contributed by atoms with Gasteiger partial charge in [-0.15, -0.1) is 0 Å². The lowest BCUT2D eigenvalue weighted by atomic mass is 10.1. The first-order chi connectivity index (χ1) is 15.2. The van der Waals surface area contributed by atoms with E-state index in [2.05, 4.69) is 19.1 Å². The van der Waals surface area contributed by atoms with Crippen LogP contribution in [0.25, 0.3) is 16.6 Å². The summed E-state index contributed by atoms with van der Waals surface area (Å²) in [5.41, 5.74) is 2.55. The van der Waals surface area contributed by atoms with Crippen LogP contribution in [0.15, 0.2) is 58.5 Å². The largest absolute Gasteiger partial charge is 0.378 e. The number of carbonyl (C=O) groups is 1. The molecule has 31 heavy (non-hydrogen) atoms. The van der Waals surface area contributed by atoms with E-state index in [1.165, 1.54) is 17.3 Å². The second kappa shape index (κ2) is 10.1. The average molecular weight is 438 g/mol. The second-order valence-corrected chi connectivity index (χ2v) is 8.55. The Balaban J connectivity index is 1.66. The van der Waals surface area contributed by atoms with Gasteiger partial charge in [0.2, 0.25) is 5.91 Å². The number of hydrogen-bond donors (Lipinski definition) is 0. The Morgan fingerprint density at radius 2 is 1.84 bits per heavy atom. The summed E-state index contributed by atoms with van der Waals surface area (Å²) in [5, 5.41) is 1.10. The number of thioether (sulfide) groups is 1. The third-order valence-electron chi connectivity index (χ3n) is 5.45. The monoisotopic (exact) mass is 437 g/mol. The maximum Gasteiger partial charge on any atom is 0.266 e. The van der Waals surface area contributed by atoms with Gasteiger partial charge >= 0.3 is 0 Å². The van der Waals surface area contributed by atoms with Crippen LogP contribution in [0, 0.1) is 0 Å². The van der Waals surface area contributed by atoms with Crippen molar-refractivity contribution in [2.45, 2.75) is 31.3 Å². The molecular weight excluding hydrogens is 410 g/mol. The molecule has 0 atom stereocenters. The van der Waals surface area contributed by atoms with Gasteiger partial charge in [0, 0.05) is 13.1 Å². The summed E-state index contributed by atoms with van der Waals surface area (Å²) in [6, 6.07) is 15.4. The van der Waals surface area contributed by atoms with Crippen molar-refractivity contribution >= 4 is 28.6 Å². The van der Waals surface area contributed by atoms with E-state index in [1.54, 1.807) is 10.6 Å². The number of amides is 1. The highest BCUT2D eigenvalue weighted by atomic mass is 32.2. The van der Waals surface area contributed by atoms with Crippen LogP contribution in [0.4, 0.5) is 0 Å². The van der Waals surface area contributed by atoms with Gasteiger partial charge in [0.25, 0.3) is 5.56 Å². The van der Waals surface area contributed by atoms with Gasteiger partial charge in [0.05, 0.1) is 35.6 Å². The molecule has 2 heterocycles. The Morgan fingerprint density at radius 1 is 1.10 bits per heavy atom. The Kier molecular flexibility index (Phi) is 7.04. The summed E-state index contributed by atoms with van der Waals surface area (Å²) in [6.45, 7) is 4.53. The van der Waals surface area contributed by atoms with Gasteiger partial charge in [-0.2, -0.15) is 0 Å². The molecule has 0 N–H and O–H groups in total. The fourth-order valence-corrected chi connectivity index (χ4v) is 4.58. The number of ether oxygens (including phenoxy) is 1. The number of para-hydroxylation sites is 1. The highest BCUT2D eigenvalue weighted by molar-refractivity contribution is 7.99. The minimum atomic E-state index is -0.117. The second-order valence-electron chi connectivity index (χ2n) is 7.60. The first-order valence-corrected chi connectivity index (χ1v) is 11.8. The molecule has 1 saturated heterocycles. The van der Waals surface area contributed by atoms with Crippen LogP contribution in [0.1, 0.15) is 25.3 Å². The van der Waals surface area contributed by atoms with Crippen molar-refractivity contribution in [3.8, 4) is 5.69 Å². The molecule has 0 unspecified atom stereocenters. The smallest absolute Gasteiger partial charge is 0.266 e. The molecule has 6 nitrogen and oxygen atoms in total. The average Bonchev–Trinajstić information content (AvgIpc) is 2.82. The van der Waals surface area contributed by atoms with Crippen molar-refractivity contribution in [3.05, 3.63) is 64.4 Å². The summed E-state index contributed by atoms with van der Waals surface area (Å²) in [4.78, 5) is 32.5. The molecule has 0 bridgehead atoms. The van der Waals surface area contributed by atoms with Crippen molar-refractivity contribution in [2.75, 3.05) is 32.1 Å². The standard InChI is InChI=1S/C24H27N3O3S/c1-2-3-6-18-9-11-19(12-10-18)27-23(29)20-7-4-5-8-21(20)25-24(27)31-17-22(28)26-13-15-30-16-14-26/h4-5,7-12H,2-3,6,13-17H2,1H3. The van der Waals surface area contributed by atoms with Gasteiger partial charge in [0.15, 0.2) is 5.16 Å². The number of unbranched alkanes of at least 4 members (excludes halogenated alkanes) is 1. The van der Waals surface area contributed by atoms with Crippen LogP contribution in [0.5, 0.6) is 0 Å². The van der Waals surface area contributed by atoms with Crippen LogP contribution in [0.2, 0.25) is 0 Å². The number of nitrogens with zero attached hydrogens (tertiary/aromatic N) is 3. The number of aromatic nitrogens is 2. The van der Waals surface area contributed by atoms with E-state index in [9.17, 15) is 9.59 Å². The first kappa shape index (κ1) is 21.6. The summed E-state index contributed by atoms with van der Waals surface area (Å²) >= 11 is 1.31. The Labute approximate surface area is 186 Å². The third kappa shape index (κ3) is 4.99. The maximum absolute atomic E-state index is 13.4. The zero-order chi connectivity index (χ0) is 21.6. The van der Waals surface area contributed by atoms with Crippen molar-refractivity contribution in [2.24, 2.45) is 0 Å². The molecule has 1 aromatic heterocycles. The number of rotatable bonds is 7. The molecule has 162 valence electrons. The van der Waals surface area contributed by atoms with Crippen LogP contribution in [-0.4, -0.2) is 52.4 Å². The van der Waals surface area contributed by atoms with Crippen molar-refractivity contribution in [1.29, 1.82) is 0 Å². The zero-order valence-electron chi connectivity index (χ0n) is 17.8. The number of benzene rings is 2. The van der Waals surface area contributed by atoms with Crippen molar-refractivity contribution in [3.63, 3.8) is 0 Å². The fourth-order valence-electron chi connectivity index (χ4n) is 3.66. The molecule has 0 spiro atoms. The number of morpholine rings is 1. The summed E-state index contributed by atoms with van der Waals surface area (Å²) in [6.07, 6.45) is 3.31. The summed E-state index contributed by atoms with van der Waals surface area (Å²) in [7, 11) is 0. The quantitative estimate of drug-likeness (QED) is 0.417. The van der Waals surface area contributed by atoms with Crippen LogP contribution in [0.3, 0.4) is 0 Å². The number of fused-ring (bicyclic) bond motifs is 1. The highest BCUT2D eigenvalue weighted by Gasteiger charge is 2.19. The predicted molar refractivity (Wildman–Crippen MR) is 124 cm³/mol. The Bertz CT molecular complexity index is 1110. The fraction of sp³-hybridized carbons (Fsp3) is 0.375. The van der Waals surface area contributed by atoms with E-state index < -0.39 is 0 Å². The molecule has 3 aromatic rings. The van der Waals surface area contributed by atoms with Crippen LogP contribution < -0.4 is 5.56 Å². The van der Waals surface area contributed by atoms with Crippen molar-refractivity contribution in [1.82, 2.24) is 14.5 Å². The molecule has 1 fully saturated rings. The van der Waals surface area contributed by atoms with Gasteiger partial charge in [-0.3, -0.25) is 14.2 Å². The molecule has 0 aliphatic carbocycles. The van der Waals surface area contributed by atoms with Gasteiger partial charge in [0.1, 0.15) is 0 Å². The minimum absolute atomic E-state index is 0.0390. The maximum atomic E-state index is 13.4. The molecule has 4 rings (SSSR count). The number of carbonyl (C=O) groups excluding carboxylic acids is 1. The van der Waals surface area contributed by atoms with Gasteiger partial charge in [-0.1, -0.05) is 49.4 Å². The summed E-state index contributed by atoms with van der Waals surface area (Å²) < 4.78 is 6.96. The molecule has 1 amide bonds. The van der Waals surface area contributed by atoms with E-state index in [1.807, 2.05) is 35.2 Å². The van der Waals surface area contributed by atoms with Crippen LogP contribution in [-0.2, 0) is 16.0 Å². The van der Waals surface area contributed by atoms with Gasteiger partial charge in [-0.05, 0) is 42.7 Å². The first-order valence-electron chi connectivity index (χ1n) is 10.8. The van der Waals surface area contributed by atoms with Crippen LogP contribution >= 0.6 is 11.8 Å². The summed E-state index contributed by atoms with van der Waals surface area (Å²) in [5.74, 6) is 0.275. The number of hydrogen-bond acceptors (Lipinski definition) is 5. The lowest BCUT2D eigenvalue weighted by Gasteiger charge is -2.26. The van der Waals surface area contributed by atoms with E-state index >= 15 is 0 Å². The van der Waals surface area contributed by atoms with E-state index in [-0.39, 0.29) is 17.2 Å². The Hall–Kier alpha value is -2.64. The lowest BCUT2D eigenvalue weighted by Crippen LogP contribution is -2.41. The molecule has 0 radical (unpaired) electrons. The van der Waals surface area contributed by atoms with E-state index in [4.69, 9.17) is 9.72 Å². The minimum Gasteiger partial charge on any atom is -0.378 e. The molecule has 2 aromatic carbocycles. The topological polar surface area (TPSA) is 64.4 Å². The molecule has 0 saturated carbocycles. The SMILES string of the molecule is CCCCc1ccc(-n2c(SCC(=O)N3CCOCC3)nc3ccccc3c2=O)cc1. The molecular formula is C24H27N3O3S. The third-order valence-corrected chi connectivity index (χ3v) is 6.37. The van der Waals surface area contributed by atoms with E-state index in [0.717, 1.165) is 24.9 Å². The number of aryl methyl sites for hydroxylation is 1. The van der Waals surface area contributed by atoms with E-state index in [0.29, 0.717) is 42.4 Å². The zero-order valence-corrected chi connectivity index (χ0v) is 18.6. The predicted octanol–water partition coefficient (Wildman–Crippen LogP) is 3.68. The normalized spacial score (nSPS) is 14.2. The highest BCUT2D eigenvalue weighted by Crippen LogP contribution is 2.22. The Morgan fingerprint density at radius 3 is 2.58 bits per heavy atom. The molecule has 1 aliphatic rings. The van der Waals surface area contributed by atoms with Gasteiger partial charge in [-0.25, -0.2) is 4.98 Å². The van der Waals surface area contributed by atoms with Gasteiger partial charge < -0.3 is 9.64 Å². The van der Waals surface area contributed by atoms with Crippen molar-refractivity contribution < 1.29 is 9.53 Å².